The lowest BCUT2D eigenvalue weighted by Crippen LogP contribution is -2.44. The highest BCUT2D eigenvalue weighted by atomic mass is 16.2. The van der Waals surface area contributed by atoms with Gasteiger partial charge in [0.05, 0.1) is 6.54 Å². The van der Waals surface area contributed by atoms with E-state index in [4.69, 9.17) is 0 Å². The van der Waals surface area contributed by atoms with Crippen molar-refractivity contribution < 1.29 is 9.59 Å². The molecular weight excluding hydrogens is 206 g/mol. The second kappa shape index (κ2) is 6.58. The van der Waals surface area contributed by atoms with Crippen molar-refractivity contribution in [3.63, 3.8) is 0 Å². The second-order valence-electron chi connectivity index (χ2n) is 3.32. The Kier molecular flexibility index (Phi) is 5.01. The van der Waals surface area contributed by atoms with Gasteiger partial charge in [0.15, 0.2) is 0 Å². The van der Waals surface area contributed by atoms with Gasteiger partial charge in [0.25, 0.3) is 5.91 Å². The van der Waals surface area contributed by atoms with Crippen LogP contribution in [0.2, 0.25) is 0 Å². The zero-order valence-corrected chi connectivity index (χ0v) is 9.12. The van der Waals surface area contributed by atoms with E-state index < -0.39 is 0 Å². The lowest BCUT2D eigenvalue weighted by molar-refractivity contribution is -0.127. The van der Waals surface area contributed by atoms with Gasteiger partial charge in [-0.3, -0.25) is 20.4 Å². The van der Waals surface area contributed by atoms with Crippen LogP contribution in [-0.2, 0) is 16.1 Å². The largest absolute Gasteiger partial charge is 0.304 e. The van der Waals surface area contributed by atoms with Crippen molar-refractivity contribution in [2.24, 2.45) is 0 Å². The topological polar surface area (TPSA) is 70.2 Å². The van der Waals surface area contributed by atoms with E-state index in [1.807, 2.05) is 30.3 Å². The van der Waals surface area contributed by atoms with Crippen LogP contribution in [0.3, 0.4) is 0 Å². The van der Waals surface area contributed by atoms with Crippen LogP contribution in [0.25, 0.3) is 0 Å². The van der Waals surface area contributed by atoms with Crippen LogP contribution < -0.4 is 16.2 Å². The van der Waals surface area contributed by atoms with Crippen molar-refractivity contribution in [3.05, 3.63) is 35.9 Å². The highest BCUT2D eigenvalue weighted by Crippen LogP contribution is 1.96. The smallest absolute Gasteiger partial charge is 0.252 e. The summed E-state index contributed by atoms with van der Waals surface area (Å²) in [6.45, 7) is 2.11. The molecule has 0 aliphatic heterocycles. The molecule has 1 aromatic carbocycles. The maximum absolute atomic E-state index is 11.1. The van der Waals surface area contributed by atoms with E-state index >= 15 is 0 Å². The Balaban J connectivity index is 2.16. The number of carbonyl (C=O) groups is 2. The molecule has 0 bridgehead atoms. The summed E-state index contributed by atoms with van der Waals surface area (Å²) in [5, 5.41) is 2.96. The Morgan fingerprint density at radius 1 is 1.12 bits per heavy atom. The monoisotopic (exact) mass is 221 g/mol. The summed E-state index contributed by atoms with van der Waals surface area (Å²) in [6, 6.07) is 9.76. The Morgan fingerprint density at radius 2 is 1.81 bits per heavy atom. The standard InChI is InChI=1S/C11H15N3O2/c1-9(15)13-14-11(16)8-12-7-10-5-3-2-4-6-10/h2-6,12H,7-8H2,1H3,(H,13,15)(H,14,16). The van der Waals surface area contributed by atoms with Gasteiger partial charge in [-0.2, -0.15) is 0 Å². The van der Waals surface area contributed by atoms with Gasteiger partial charge >= 0.3 is 0 Å². The van der Waals surface area contributed by atoms with E-state index in [9.17, 15) is 9.59 Å². The lowest BCUT2D eigenvalue weighted by atomic mass is 10.2. The summed E-state index contributed by atoms with van der Waals surface area (Å²) in [5.74, 6) is -0.567. The van der Waals surface area contributed by atoms with Crippen molar-refractivity contribution >= 4 is 11.8 Å². The first-order chi connectivity index (χ1) is 7.68. The maximum atomic E-state index is 11.1. The Hall–Kier alpha value is -1.88. The fourth-order valence-electron chi connectivity index (χ4n) is 1.12. The molecule has 0 spiro atoms. The Bertz CT molecular complexity index is 352. The molecule has 0 fully saturated rings. The van der Waals surface area contributed by atoms with E-state index in [1.54, 1.807) is 0 Å². The van der Waals surface area contributed by atoms with Gasteiger partial charge in [0, 0.05) is 13.5 Å². The van der Waals surface area contributed by atoms with Gasteiger partial charge in [-0.15, -0.1) is 0 Å². The van der Waals surface area contributed by atoms with Gasteiger partial charge in [-0.25, -0.2) is 0 Å². The highest BCUT2D eigenvalue weighted by Gasteiger charge is 2.00. The van der Waals surface area contributed by atoms with E-state index in [1.165, 1.54) is 6.92 Å². The van der Waals surface area contributed by atoms with Crippen molar-refractivity contribution in [3.8, 4) is 0 Å². The van der Waals surface area contributed by atoms with Gasteiger partial charge in [0.2, 0.25) is 5.91 Å². The van der Waals surface area contributed by atoms with Crippen molar-refractivity contribution in [2.75, 3.05) is 6.54 Å². The third kappa shape index (κ3) is 5.11. The fourth-order valence-corrected chi connectivity index (χ4v) is 1.12. The van der Waals surface area contributed by atoms with Crippen LogP contribution in [-0.4, -0.2) is 18.4 Å². The number of benzene rings is 1. The first-order valence-electron chi connectivity index (χ1n) is 4.98. The van der Waals surface area contributed by atoms with E-state index in [0.717, 1.165) is 5.56 Å². The number of carbonyl (C=O) groups excluding carboxylic acids is 2. The maximum Gasteiger partial charge on any atom is 0.252 e. The molecular formula is C11H15N3O2. The molecule has 0 saturated heterocycles. The van der Waals surface area contributed by atoms with Crippen LogP contribution in [0.5, 0.6) is 0 Å². The number of hydrazine groups is 1. The van der Waals surface area contributed by atoms with Gasteiger partial charge in [0.1, 0.15) is 0 Å². The quantitative estimate of drug-likeness (QED) is 0.624. The van der Waals surface area contributed by atoms with E-state index in [-0.39, 0.29) is 18.4 Å². The molecule has 3 N–H and O–H groups in total. The predicted molar refractivity (Wildman–Crippen MR) is 60.1 cm³/mol. The first-order valence-corrected chi connectivity index (χ1v) is 4.98. The first kappa shape index (κ1) is 12.2. The molecule has 2 amide bonds. The summed E-state index contributed by atoms with van der Waals surface area (Å²) >= 11 is 0. The third-order valence-corrected chi connectivity index (χ3v) is 1.84. The summed E-state index contributed by atoms with van der Waals surface area (Å²) in [5.41, 5.74) is 5.59. The minimum absolute atomic E-state index is 0.162. The SMILES string of the molecule is CC(=O)NNC(=O)CNCc1ccccc1. The summed E-state index contributed by atoms with van der Waals surface area (Å²) in [6.07, 6.45) is 0. The molecule has 0 aliphatic rings. The van der Waals surface area contributed by atoms with Gasteiger partial charge in [-0.05, 0) is 5.56 Å². The molecule has 1 aromatic rings. The average Bonchev–Trinajstić information content (AvgIpc) is 2.28. The van der Waals surface area contributed by atoms with Crippen LogP contribution in [0.15, 0.2) is 30.3 Å². The third-order valence-electron chi connectivity index (χ3n) is 1.84. The molecule has 5 heteroatoms. The molecule has 1 rings (SSSR count). The molecule has 0 radical (unpaired) electrons. The van der Waals surface area contributed by atoms with Gasteiger partial charge in [-0.1, -0.05) is 30.3 Å². The zero-order valence-electron chi connectivity index (χ0n) is 9.12. The molecule has 0 heterocycles. The molecule has 86 valence electrons. The number of hydrogen-bond acceptors (Lipinski definition) is 3. The number of nitrogens with one attached hydrogen (secondary N) is 3. The molecule has 0 aliphatic carbocycles. The fraction of sp³-hybridized carbons (Fsp3) is 0.273. The Morgan fingerprint density at radius 3 is 2.44 bits per heavy atom. The summed E-state index contributed by atoms with van der Waals surface area (Å²) < 4.78 is 0. The summed E-state index contributed by atoms with van der Waals surface area (Å²) in [4.78, 5) is 21.6. The normalized spacial score (nSPS) is 9.56. The molecule has 0 aromatic heterocycles. The number of rotatable bonds is 4. The van der Waals surface area contributed by atoms with Crippen LogP contribution in [0.1, 0.15) is 12.5 Å². The second-order valence-corrected chi connectivity index (χ2v) is 3.32. The van der Waals surface area contributed by atoms with Crippen molar-refractivity contribution in [1.82, 2.24) is 16.2 Å². The predicted octanol–water partition coefficient (Wildman–Crippen LogP) is -0.0565. The average molecular weight is 221 g/mol. The van der Waals surface area contributed by atoms with Crippen molar-refractivity contribution in [2.45, 2.75) is 13.5 Å². The minimum atomic E-state index is -0.295. The van der Waals surface area contributed by atoms with Crippen LogP contribution in [0, 0.1) is 0 Å². The van der Waals surface area contributed by atoms with Crippen LogP contribution in [0.4, 0.5) is 0 Å². The minimum Gasteiger partial charge on any atom is -0.304 e. The number of amides is 2. The summed E-state index contributed by atoms with van der Waals surface area (Å²) in [7, 11) is 0. The van der Waals surface area contributed by atoms with E-state index in [0.29, 0.717) is 6.54 Å². The highest BCUT2D eigenvalue weighted by molar-refractivity contribution is 5.81. The lowest BCUT2D eigenvalue weighted by Gasteiger charge is -2.06. The molecule has 0 atom stereocenters. The van der Waals surface area contributed by atoms with Crippen molar-refractivity contribution in [1.29, 1.82) is 0 Å². The van der Waals surface area contributed by atoms with Crippen LogP contribution >= 0.6 is 0 Å². The van der Waals surface area contributed by atoms with E-state index in [2.05, 4.69) is 16.2 Å². The Labute approximate surface area is 94.2 Å². The number of hydrogen-bond donors (Lipinski definition) is 3. The molecule has 0 saturated carbocycles. The van der Waals surface area contributed by atoms with Gasteiger partial charge < -0.3 is 5.32 Å². The zero-order chi connectivity index (χ0) is 11.8. The molecule has 5 nitrogen and oxygen atoms in total. The molecule has 16 heavy (non-hydrogen) atoms. The molecule has 0 unspecified atom stereocenters.